The standard InChI is InChI=1S/C18H15Cl2N3O5/c1-28-12-3-5-15(23(26)27)14(8-12)21-18(25)10-6-17(24)22(9-10)16-7-11(19)2-4-13(16)20/h2-5,7-8,10H,6,9H2,1H3,(H,21,25)/t10-/m0/s1. The highest BCUT2D eigenvalue weighted by atomic mass is 35.5. The fourth-order valence-electron chi connectivity index (χ4n) is 2.94. The van der Waals surface area contributed by atoms with Gasteiger partial charge in [0, 0.05) is 30.1 Å². The predicted octanol–water partition coefficient (Wildman–Crippen LogP) is 3.90. The number of rotatable bonds is 5. The van der Waals surface area contributed by atoms with Crippen LogP contribution in [0.1, 0.15) is 6.42 Å². The van der Waals surface area contributed by atoms with Crippen LogP contribution < -0.4 is 15.0 Å². The monoisotopic (exact) mass is 423 g/mol. The molecule has 1 atom stereocenters. The van der Waals surface area contributed by atoms with Gasteiger partial charge in [-0.15, -0.1) is 0 Å². The van der Waals surface area contributed by atoms with Crippen LogP contribution in [-0.2, 0) is 9.59 Å². The lowest BCUT2D eigenvalue weighted by Crippen LogP contribution is -2.28. The topological polar surface area (TPSA) is 102 Å². The van der Waals surface area contributed by atoms with E-state index >= 15 is 0 Å². The van der Waals surface area contributed by atoms with Gasteiger partial charge in [0.15, 0.2) is 0 Å². The maximum Gasteiger partial charge on any atom is 0.293 e. The summed E-state index contributed by atoms with van der Waals surface area (Å²) in [7, 11) is 1.41. The van der Waals surface area contributed by atoms with E-state index in [0.29, 0.717) is 21.5 Å². The molecule has 0 saturated carbocycles. The van der Waals surface area contributed by atoms with E-state index in [0.717, 1.165) is 0 Å². The minimum Gasteiger partial charge on any atom is -0.497 e. The second kappa shape index (κ2) is 8.04. The maximum atomic E-state index is 12.7. The number of nitrogens with zero attached hydrogens (tertiary/aromatic N) is 2. The van der Waals surface area contributed by atoms with Crippen molar-refractivity contribution in [3.05, 3.63) is 56.6 Å². The van der Waals surface area contributed by atoms with Gasteiger partial charge in [0.05, 0.1) is 28.7 Å². The van der Waals surface area contributed by atoms with Crippen molar-refractivity contribution in [3.8, 4) is 5.75 Å². The molecule has 0 unspecified atom stereocenters. The highest BCUT2D eigenvalue weighted by Crippen LogP contribution is 2.34. The average Bonchev–Trinajstić information content (AvgIpc) is 3.05. The molecule has 1 aliphatic rings. The van der Waals surface area contributed by atoms with Gasteiger partial charge in [-0.05, 0) is 24.3 Å². The third-order valence-electron chi connectivity index (χ3n) is 4.35. The van der Waals surface area contributed by atoms with E-state index in [1.165, 1.54) is 30.2 Å². The third-order valence-corrected chi connectivity index (χ3v) is 4.91. The van der Waals surface area contributed by atoms with Crippen molar-refractivity contribution >= 4 is 52.1 Å². The van der Waals surface area contributed by atoms with E-state index in [4.69, 9.17) is 27.9 Å². The van der Waals surface area contributed by atoms with Gasteiger partial charge in [0.1, 0.15) is 11.4 Å². The highest BCUT2D eigenvalue weighted by molar-refractivity contribution is 6.36. The van der Waals surface area contributed by atoms with E-state index in [2.05, 4.69) is 5.32 Å². The Kier molecular flexibility index (Phi) is 5.71. The summed E-state index contributed by atoms with van der Waals surface area (Å²) >= 11 is 12.1. The van der Waals surface area contributed by atoms with Gasteiger partial charge in [-0.25, -0.2) is 0 Å². The molecule has 1 fully saturated rings. The fraction of sp³-hybridized carbons (Fsp3) is 0.222. The molecule has 0 bridgehead atoms. The molecule has 0 radical (unpaired) electrons. The number of ether oxygens (including phenoxy) is 1. The normalized spacial score (nSPS) is 16.2. The molecule has 0 aliphatic carbocycles. The van der Waals surface area contributed by atoms with Crippen molar-refractivity contribution in [2.24, 2.45) is 5.92 Å². The summed E-state index contributed by atoms with van der Waals surface area (Å²) in [6, 6.07) is 8.75. The lowest BCUT2D eigenvalue weighted by atomic mass is 10.1. The number of hydrogen-bond donors (Lipinski definition) is 1. The zero-order valence-electron chi connectivity index (χ0n) is 14.6. The Bertz CT molecular complexity index is 966. The molecule has 28 heavy (non-hydrogen) atoms. The molecule has 1 saturated heterocycles. The van der Waals surface area contributed by atoms with Gasteiger partial charge in [0.2, 0.25) is 11.8 Å². The number of hydrogen-bond acceptors (Lipinski definition) is 5. The van der Waals surface area contributed by atoms with Crippen LogP contribution in [0.4, 0.5) is 17.1 Å². The quantitative estimate of drug-likeness (QED) is 0.580. The third kappa shape index (κ3) is 4.02. The molecule has 10 heteroatoms. The van der Waals surface area contributed by atoms with Gasteiger partial charge >= 0.3 is 0 Å². The lowest BCUT2D eigenvalue weighted by molar-refractivity contribution is -0.383. The fourth-order valence-corrected chi connectivity index (χ4v) is 3.33. The number of nitrogens with one attached hydrogen (secondary N) is 1. The van der Waals surface area contributed by atoms with Crippen LogP contribution in [0.3, 0.4) is 0 Å². The van der Waals surface area contributed by atoms with Gasteiger partial charge in [-0.2, -0.15) is 0 Å². The summed E-state index contributed by atoms with van der Waals surface area (Å²) in [4.78, 5) is 37.0. The molecule has 0 aromatic heterocycles. The number of carbonyl (C=O) groups excluding carboxylic acids is 2. The summed E-state index contributed by atoms with van der Waals surface area (Å²) in [6.07, 6.45) is -0.0492. The largest absolute Gasteiger partial charge is 0.497 e. The molecule has 2 amide bonds. The second-order valence-electron chi connectivity index (χ2n) is 6.13. The zero-order valence-corrected chi connectivity index (χ0v) is 16.2. The van der Waals surface area contributed by atoms with Crippen LogP contribution in [0.25, 0.3) is 0 Å². The number of amides is 2. The van der Waals surface area contributed by atoms with E-state index in [9.17, 15) is 19.7 Å². The number of carbonyl (C=O) groups is 2. The van der Waals surface area contributed by atoms with E-state index in [1.54, 1.807) is 18.2 Å². The summed E-state index contributed by atoms with van der Waals surface area (Å²) in [5.41, 5.74) is 0.149. The second-order valence-corrected chi connectivity index (χ2v) is 6.97. The van der Waals surface area contributed by atoms with Gasteiger partial charge in [-0.3, -0.25) is 19.7 Å². The smallest absolute Gasteiger partial charge is 0.293 e. The van der Waals surface area contributed by atoms with Crippen LogP contribution in [-0.4, -0.2) is 30.4 Å². The molecule has 2 aromatic rings. The molecular weight excluding hydrogens is 409 g/mol. The van der Waals surface area contributed by atoms with Crippen molar-refractivity contribution in [1.82, 2.24) is 0 Å². The van der Waals surface area contributed by atoms with Gasteiger partial charge in [-0.1, -0.05) is 23.2 Å². The summed E-state index contributed by atoms with van der Waals surface area (Å²) in [6.45, 7) is 0.0858. The summed E-state index contributed by atoms with van der Waals surface area (Å²) in [5.74, 6) is -1.14. The van der Waals surface area contributed by atoms with Crippen molar-refractivity contribution in [2.75, 3.05) is 23.9 Å². The lowest BCUT2D eigenvalue weighted by Gasteiger charge is -2.18. The summed E-state index contributed by atoms with van der Waals surface area (Å²) in [5, 5.41) is 14.5. The van der Waals surface area contributed by atoms with Crippen molar-refractivity contribution in [1.29, 1.82) is 0 Å². The van der Waals surface area contributed by atoms with E-state index in [-0.39, 0.29) is 30.2 Å². The molecule has 1 N–H and O–H groups in total. The first-order valence-corrected chi connectivity index (χ1v) is 8.94. The number of methoxy groups -OCH3 is 1. The van der Waals surface area contributed by atoms with E-state index in [1.807, 2.05) is 0 Å². The van der Waals surface area contributed by atoms with Gasteiger partial charge in [0.25, 0.3) is 5.69 Å². The predicted molar refractivity (Wildman–Crippen MR) is 105 cm³/mol. The van der Waals surface area contributed by atoms with E-state index < -0.39 is 16.7 Å². The number of benzene rings is 2. The first-order valence-electron chi connectivity index (χ1n) is 8.19. The van der Waals surface area contributed by atoms with Crippen LogP contribution in [0.15, 0.2) is 36.4 Å². The van der Waals surface area contributed by atoms with Crippen molar-refractivity contribution in [3.63, 3.8) is 0 Å². The Morgan fingerprint density at radius 2 is 2.04 bits per heavy atom. The Labute approximate surface area is 170 Å². The SMILES string of the molecule is COc1ccc([N+](=O)[O-])c(NC(=O)[C@H]2CC(=O)N(c3cc(Cl)ccc3Cl)C2)c1. The van der Waals surface area contributed by atoms with Gasteiger partial charge < -0.3 is 15.0 Å². The minimum atomic E-state index is -0.701. The van der Waals surface area contributed by atoms with Crippen LogP contribution in [0.2, 0.25) is 10.0 Å². The molecule has 0 spiro atoms. The molecule has 1 heterocycles. The molecule has 3 rings (SSSR count). The number of anilines is 2. The highest BCUT2D eigenvalue weighted by Gasteiger charge is 2.36. The Balaban J connectivity index is 1.80. The molecular formula is C18H15Cl2N3O5. The molecule has 2 aromatic carbocycles. The zero-order chi connectivity index (χ0) is 20.4. The van der Waals surface area contributed by atoms with Crippen LogP contribution in [0, 0.1) is 16.0 Å². The first-order chi connectivity index (χ1) is 13.3. The average molecular weight is 424 g/mol. The number of nitro groups is 1. The Morgan fingerprint density at radius 1 is 1.29 bits per heavy atom. The summed E-state index contributed by atoms with van der Waals surface area (Å²) < 4.78 is 5.05. The molecule has 8 nitrogen and oxygen atoms in total. The molecule has 146 valence electrons. The number of nitro benzene ring substituents is 1. The maximum absolute atomic E-state index is 12.7. The van der Waals surface area contributed by atoms with Crippen molar-refractivity contribution in [2.45, 2.75) is 6.42 Å². The Hall–Kier alpha value is -2.84. The molecule has 1 aliphatic heterocycles. The first kappa shape index (κ1) is 19.9. The minimum absolute atomic E-state index is 0.000960. The number of halogens is 2. The van der Waals surface area contributed by atoms with Crippen LogP contribution in [0.5, 0.6) is 5.75 Å². The Morgan fingerprint density at radius 3 is 2.71 bits per heavy atom. The van der Waals surface area contributed by atoms with Crippen molar-refractivity contribution < 1.29 is 19.2 Å². The van der Waals surface area contributed by atoms with Crippen LogP contribution >= 0.6 is 23.2 Å².